The van der Waals surface area contributed by atoms with Gasteiger partial charge in [0.25, 0.3) is 17.7 Å². The molecular weight excluding hydrogens is 342 g/mol. The number of likely N-dealkylation sites (tertiary alicyclic amines) is 1. The van der Waals surface area contributed by atoms with Crippen LogP contribution in [0.4, 0.5) is 0 Å². The average Bonchev–Trinajstić information content (AvgIpc) is 3.19. The summed E-state index contributed by atoms with van der Waals surface area (Å²) in [5.41, 5.74) is 1.08. The molecule has 0 bridgehead atoms. The lowest BCUT2D eigenvalue weighted by Gasteiger charge is -2.22. The molecule has 2 aliphatic rings. The minimum Gasteiger partial charge on any atom is -0.336 e. The van der Waals surface area contributed by atoms with Gasteiger partial charge in [0, 0.05) is 25.5 Å². The molecular formula is C18H14ClN3O3. The molecule has 0 radical (unpaired) electrons. The van der Waals surface area contributed by atoms with Crippen LogP contribution in [-0.4, -0.2) is 51.6 Å². The van der Waals surface area contributed by atoms with Crippen LogP contribution in [-0.2, 0) is 0 Å². The van der Waals surface area contributed by atoms with Gasteiger partial charge in [-0.15, -0.1) is 0 Å². The fraction of sp³-hybridized carbons (Fsp3) is 0.222. The lowest BCUT2D eigenvalue weighted by Crippen LogP contribution is -2.42. The molecule has 126 valence electrons. The second kappa shape index (κ2) is 5.97. The predicted octanol–water partition coefficient (Wildman–Crippen LogP) is 2.25. The van der Waals surface area contributed by atoms with Crippen LogP contribution in [0.1, 0.15) is 37.5 Å². The predicted molar refractivity (Wildman–Crippen MR) is 90.5 cm³/mol. The van der Waals surface area contributed by atoms with Gasteiger partial charge in [0.2, 0.25) is 0 Å². The number of hydrogen-bond acceptors (Lipinski definition) is 4. The van der Waals surface area contributed by atoms with E-state index < -0.39 is 0 Å². The largest absolute Gasteiger partial charge is 0.336 e. The van der Waals surface area contributed by atoms with Crippen molar-refractivity contribution in [1.82, 2.24) is 14.8 Å². The van der Waals surface area contributed by atoms with Crippen molar-refractivity contribution in [2.45, 2.75) is 12.5 Å². The quantitative estimate of drug-likeness (QED) is 0.775. The van der Waals surface area contributed by atoms with E-state index in [-0.39, 0.29) is 34.3 Å². The number of hydrogen-bond donors (Lipinski definition) is 0. The van der Waals surface area contributed by atoms with Crippen molar-refractivity contribution in [2.24, 2.45) is 0 Å². The van der Waals surface area contributed by atoms with Gasteiger partial charge in [0.05, 0.1) is 27.8 Å². The number of carbonyl (C=O) groups is 3. The normalized spacial score (nSPS) is 19.5. The van der Waals surface area contributed by atoms with E-state index in [4.69, 9.17) is 11.6 Å². The Kier molecular flexibility index (Phi) is 3.77. The second-order valence-electron chi connectivity index (χ2n) is 6.08. The number of amides is 3. The first-order valence-electron chi connectivity index (χ1n) is 7.93. The van der Waals surface area contributed by atoms with Crippen LogP contribution < -0.4 is 0 Å². The van der Waals surface area contributed by atoms with Gasteiger partial charge in [-0.1, -0.05) is 17.7 Å². The number of aromatic nitrogens is 1. The molecule has 1 saturated heterocycles. The molecule has 4 rings (SSSR count). The monoisotopic (exact) mass is 355 g/mol. The topological polar surface area (TPSA) is 70.6 Å². The summed E-state index contributed by atoms with van der Waals surface area (Å²) in [7, 11) is 0. The molecule has 2 aromatic rings. The number of fused-ring (bicyclic) bond motifs is 1. The Morgan fingerprint density at radius 1 is 1.16 bits per heavy atom. The third kappa shape index (κ3) is 2.49. The van der Waals surface area contributed by atoms with Crippen LogP contribution in [0, 0.1) is 0 Å². The Bertz CT molecular complexity index is 884. The zero-order valence-corrected chi connectivity index (χ0v) is 13.9. The maximum atomic E-state index is 12.7. The van der Waals surface area contributed by atoms with Crippen molar-refractivity contribution in [3.05, 3.63) is 64.4 Å². The van der Waals surface area contributed by atoms with Gasteiger partial charge in [0.1, 0.15) is 0 Å². The summed E-state index contributed by atoms with van der Waals surface area (Å²) in [5, 5.41) is 0.277. The molecule has 25 heavy (non-hydrogen) atoms. The first kappa shape index (κ1) is 15.8. The molecule has 1 aromatic heterocycles. The molecule has 7 heteroatoms. The van der Waals surface area contributed by atoms with E-state index in [9.17, 15) is 14.4 Å². The number of benzene rings is 1. The number of pyridine rings is 1. The van der Waals surface area contributed by atoms with Crippen LogP contribution >= 0.6 is 11.6 Å². The van der Waals surface area contributed by atoms with Crippen molar-refractivity contribution >= 4 is 29.3 Å². The van der Waals surface area contributed by atoms with Gasteiger partial charge in [0.15, 0.2) is 0 Å². The standard InChI is InChI=1S/C18H14ClN3O3/c19-14-5-1-4-13-15(14)18(25)22(17(13)24)12-6-8-21(10-12)16(23)11-3-2-7-20-9-11/h1-5,7,9,12H,6,8,10H2. The third-order valence-electron chi connectivity index (χ3n) is 4.62. The highest BCUT2D eigenvalue weighted by molar-refractivity contribution is 6.37. The molecule has 3 heterocycles. The van der Waals surface area contributed by atoms with Crippen LogP contribution in [0.3, 0.4) is 0 Å². The van der Waals surface area contributed by atoms with Crippen molar-refractivity contribution in [2.75, 3.05) is 13.1 Å². The van der Waals surface area contributed by atoms with Gasteiger partial charge in [-0.05, 0) is 30.7 Å². The van der Waals surface area contributed by atoms with Gasteiger partial charge < -0.3 is 4.90 Å². The molecule has 0 spiro atoms. The van der Waals surface area contributed by atoms with Crippen LogP contribution in [0.15, 0.2) is 42.7 Å². The molecule has 1 unspecified atom stereocenters. The van der Waals surface area contributed by atoms with E-state index in [1.165, 1.54) is 11.1 Å². The van der Waals surface area contributed by atoms with Crippen molar-refractivity contribution in [3.8, 4) is 0 Å². The van der Waals surface area contributed by atoms with Gasteiger partial charge in [-0.2, -0.15) is 0 Å². The SMILES string of the molecule is O=C(c1cccnc1)N1CCC(N2C(=O)c3cccc(Cl)c3C2=O)C1. The Morgan fingerprint density at radius 2 is 2.00 bits per heavy atom. The molecule has 1 aromatic carbocycles. The third-order valence-corrected chi connectivity index (χ3v) is 4.93. The van der Waals surface area contributed by atoms with E-state index in [0.29, 0.717) is 30.6 Å². The molecule has 1 fully saturated rings. The molecule has 0 N–H and O–H groups in total. The minimum atomic E-state index is -0.383. The van der Waals surface area contributed by atoms with E-state index in [1.54, 1.807) is 41.4 Å². The van der Waals surface area contributed by atoms with Gasteiger partial charge >= 0.3 is 0 Å². The Morgan fingerprint density at radius 3 is 2.72 bits per heavy atom. The smallest absolute Gasteiger partial charge is 0.263 e. The highest BCUT2D eigenvalue weighted by atomic mass is 35.5. The first-order valence-corrected chi connectivity index (χ1v) is 8.31. The van der Waals surface area contributed by atoms with E-state index in [0.717, 1.165) is 0 Å². The summed E-state index contributed by atoms with van der Waals surface area (Å²) in [4.78, 5) is 44.7. The fourth-order valence-electron chi connectivity index (χ4n) is 3.40. The van der Waals surface area contributed by atoms with E-state index in [2.05, 4.69) is 4.98 Å². The lowest BCUT2D eigenvalue weighted by molar-refractivity contribution is 0.0574. The van der Waals surface area contributed by atoms with Crippen LogP contribution in [0.2, 0.25) is 5.02 Å². The fourth-order valence-corrected chi connectivity index (χ4v) is 3.66. The van der Waals surface area contributed by atoms with Crippen LogP contribution in [0.5, 0.6) is 0 Å². The maximum Gasteiger partial charge on any atom is 0.263 e. The number of carbonyl (C=O) groups excluding carboxylic acids is 3. The van der Waals surface area contributed by atoms with Crippen molar-refractivity contribution in [1.29, 1.82) is 0 Å². The van der Waals surface area contributed by atoms with Gasteiger partial charge in [-0.25, -0.2) is 0 Å². The van der Waals surface area contributed by atoms with E-state index >= 15 is 0 Å². The van der Waals surface area contributed by atoms with Crippen molar-refractivity contribution < 1.29 is 14.4 Å². The average molecular weight is 356 g/mol. The van der Waals surface area contributed by atoms with E-state index in [1.807, 2.05) is 0 Å². The molecule has 3 amide bonds. The molecule has 2 aliphatic heterocycles. The first-order chi connectivity index (χ1) is 12.1. The van der Waals surface area contributed by atoms with Crippen LogP contribution in [0.25, 0.3) is 0 Å². The minimum absolute atomic E-state index is 0.148. The number of rotatable bonds is 2. The lowest BCUT2D eigenvalue weighted by atomic mass is 10.1. The summed E-state index contributed by atoms with van der Waals surface area (Å²) in [6, 6.07) is 7.92. The van der Waals surface area contributed by atoms with Crippen molar-refractivity contribution in [3.63, 3.8) is 0 Å². The summed E-state index contributed by atoms with van der Waals surface area (Å²) >= 11 is 6.09. The Balaban J connectivity index is 1.55. The summed E-state index contributed by atoms with van der Waals surface area (Å²) in [5.74, 6) is -0.875. The molecule has 1 atom stereocenters. The molecule has 6 nitrogen and oxygen atoms in total. The highest BCUT2D eigenvalue weighted by Gasteiger charge is 2.44. The molecule has 0 aliphatic carbocycles. The Labute approximate surface area is 149 Å². The summed E-state index contributed by atoms with van der Waals surface area (Å²) in [6.07, 6.45) is 3.67. The van der Waals surface area contributed by atoms with Gasteiger partial charge in [-0.3, -0.25) is 24.3 Å². The maximum absolute atomic E-state index is 12.7. The zero-order valence-electron chi connectivity index (χ0n) is 13.2. The number of halogens is 1. The number of imide groups is 1. The summed E-state index contributed by atoms with van der Waals surface area (Å²) < 4.78 is 0. The Hall–Kier alpha value is -2.73. The summed E-state index contributed by atoms with van der Waals surface area (Å²) in [6.45, 7) is 0.802. The zero-order chi connectivity index (χ0) is 17.6. The number of nitrogens with zero attached hydrogens (tertiary/aromatic N) is 3. The highest BCUT2D eigenvalue weighted by Crippen LogP contribution is 2.32. The molecule has 0 saturated carbocycles. The second-order valence-corrected chi connectivity index (χ2v) is 6.49.